The number of hydrogen-bond donors (Lipinski definition) is 18. The Labute approximate surface area is 450 Å². The van der Waals surface area contributed by atoms with Gasteiger partial charge in [0.15, 0.2) is 0 Å². The normalized spacial score (nSPS) is 22.0. The van der Waals surface area contributed by atoms with Crippen molar-refractivity contribution in [2.75, 3.05) is 98.7 Å². The van der Waals surface area contributed by atoms with Crippen LogP contribution in [0.25, 0.3) is 0 Å². The molecule has 29 heteroatoms. The molecule has 0 aromatic carbocycles. The molecule has 4 aliphatic rings. The fourth-order valence-electron chi connectivity index (χ4n) is 8.87. The Bertz CT molecular complexity index is 1950. The molecule has 4 rings (SSSR count). The number of nitrogens with two attached hydrogens (primary N) is 3. The minimum atomic E-state index is -1.37. The second kappa shape index (κ2) is 34.6. The average molecular weight is 1090 g/mol. The van der Waals surface area contributed by atoms with Crippen molar-refractivity contribution in [3.8, 4) is 0 Å². The molecule has 77 heavy (non-hydrogen) atoms. The van der Waals surface area contributed by atoms with Gasteiger partial charge in [-0.15, -0.1) is 0 Å². The van der Waals surface area contributed by atoms with Crippen LogP contribution in [0, 0.1) is 5.92 Å². The zero-order chi connectivity index (χ0) is 56.8. The highest BCUT2D eigenvalue weighted by molar-refractivity contribution is 5.97. The Balaban J connectivity index is 1.65. The number of carbonyl (C=O) groups is 11. The van der Waals surface area contributed by atoms with Gasteiger partial charge >= 0.3 is 0 Å². The minimum Gasteiger partial charge on any atom is -0.370 e. The molecule has 0 aromatic rings. The summed E-state index contributed by atoms with van der Waals surface area (Å²) in [6, 6.07) is -6.17. The van der Waals surface area contributed by atoms with Crippen LogP contribution < -0.4 is 97.0 Å². The lowest BCUT2D eigenvalue weighted by Crippen LogP contribution is -2.67. The molecule has 0 saturated carbocycles. The molecule has 0 unspecified atom stereocenters. The summed E-state index contributed by atoms with van der Waals surface area (Å²) in [5, 5.41) is 44.3. The van der Waals surface area contributed by atoms with E-state index < -0.39 is 102 Å². The largest absolute Gasteiger partial charge is 0.370 e. The smallest absolute Gasteiger partial charge is 0.243 e. The van der Waals surface area contributed by atoms with E-state index in [9.17, 15) is 52.7 Å². The highest BCUT2D eigenvalue weighted by Crippen LogP contribution is 2.12. The highest BCUT2D eigenvalue weighted by atomic mass is 16.2. The third-order valence-corrected chi connectivity index (χ3v) is 13.0. The molecule has 436 valence electrons. The molecule has 4 heterocycles. The van der Waals surface area contributed by atoms with Gasteiger partial charge in [-0.3, -0.25) is 52.7 Å². The number of rotatable bonds is 28. The monoisotopic (exact) mass is 1090 g/mol. The van der Waals surface area contributed by atoms with Crippen molar-refractivity contribution < 1.29 is 52.7 Å². The van der Waals surface area contributed by atoms with Crippen LogP contribution in [0.15, 0.2) is 0 Å². The third-order valence-electron chi connectivity index (χ3n) is 13.0. The number of carbonyl (C=O) groups excluding carboxylic acids is 11. The lowest BCUT2D eigenvalue weighted by Gasteiger charge is -2.37. The molecule has 11 amide bonds. The van der Waals surface area contributed by atoms with Crippen molar-refractivity contribution >= 4 is 65.0 Å². The van der Waals surface area contributed by atoms with Gasteiger partial charge in [-0.1, -0.05) is 13.8 Å². The van der Waals surface area contributed by atoms with Crippen molar-refractivity contribution in [2.24, 2.45) is 23.1 Å². The van der Waals surface area contributed by atoms with Gasteiger partial charge in [0.05, 0.1) is 24.0 Å². The molecule has 4 fully saturated rings. The van der Waals surface area contributed by atoms with Crippen LogP contribution in [-0.4, -0.2) is 205 Å². The molecule has 4 saturated heterocycles. The highest BCUT2D eigenvalue weighted by Gasteiger charge is 2.35. The summed E-state index contributed by atoms with van der Waals surface area (Å²) in [6.07, 6.45) is 0.286. The van der Waals surface area contributed by atoms with Gasteiger partial charge in [-0.25, -0.2) is 0 Å². The number of hydrogen-bond acceptors (Lipinski definition) is 18. The summed E-state index contributed by atoms with van der Waals surface area (Å²) < 4.78 is 0. The molecule has 4 aliphatic heterocycles. The van der Waals surface area contributed by atoms with Crippen molar-refractivity contribution in [1.82, 2.24) is 79.8 Å². The fraction of sp³-hybridized carbons (Fsp3) is 0.771. The molecule has 2 bridgehead atoms. The van der Waals surface area contributed by atoms with Crippen LogP contribution in [0.1, 0.15) is 90.9 Å². The van der Waals surface area contributed by atoms with Crippen molar-refractivity contribution in [3.05, 3.63) is 0 Å². The van der Waals surface area contributed by atoms with E-state index in [-0.39, 0.29) is 94.4 Å². The molecular weight excluding hydrogens is 1000 g/mol. The first-order chi connectivity index (χ1) is 36.6. The molecule has 0 aromatic heterocycles. The first kappa shape index (κ1) is 65.2. The standard InChI is InChI=1S/C48H88N18O11/c1-30(2)21-34(43(74)60-23-41(72)62-35(22-37(50)68)42(73)52-3)65-44(75)31(63-46(77)33(10-12-36(49)67)64-45(76)32-11-13-39(70)61-32)7-4-5-14-59-38(69)8-6-9-40(71)66-48-27-56-18-15-53-24-47(51,25-54-16-19-57-28-48)26-55-17-20-58-29-48/h30-35,53-58H,4-29,51H2,1-3H3,(H2,49,67)(H2,50,68)(H,52,73)(H,59,69)(H,60,74)(H,61,70)(H,62,72)(H,63,77)(H,64,76)(H,65,75)(H,66,71)/t31-,32-,33-,34-,35-,47?,48?/m0/s1. The number of primary amides is 2. The predicted octanol–water partition coefficient (Wildman–Crippen LogP) is -8.17. The number of likely N-dealkylation sites (N-methyl/N-ethyl adjacent to an activating group) is 1. The topological polar surface area (TPSA) is 446 Å². The van der Waals surface area contributed by atoms with Crippen LogP contribution in [0.3, 0.4) is 0 Å². The Kier molecular flexibility index (Phi) is 29.3. The maximum atomic E-state index is 14.1. The predicted molar refractivity (Wildman–Crippen MR) is 283 cm³/mol. The van der Waals surface area contributed by atoms with Gasteiger partial charge in [0, 0.05) is 118 Å². The van der Waals surface area contributed by atoms with Crippen LogP contribution in [-0.2, 0) is 52.7 Å². The Morgan fingerprint density at radius 3 is 1.65 bits per heavy atom. The van der Waals surface area contributed by atoms with Crippen molar-refractivity contribution in [3.63, 3.8) is 0 Å². The van der Waals surface area contributed by atoms with Crippen LogP contribution in [0.2, 0.25) is 0 Å². The van der Waals surface area contributed by atoms with Gasteiger partial charge < -0.3 is 97.0 Å². The van der Waals surface area contributed by atoms with Crippen molar-refractivity contribution in [2.45, 2.75) is 132 Å². The molecule has 21 N–H and O–H groups in total. The SMILES string of the molecule is CNC(=O)[C@H](CC(N)=O)NC(=O)CNC(=O)[C@H](CC(C)C)NC(=O)[C@H](CCCCNC(=O)CCCC(=O)NC12CNCCNCC(N)(CNCCNC1)CNCCNC2)NC(=O)[C@H](CCC(N)=O)NC(=O)[C@@H]1CCC(=O)N1. The summed E-state index contributed by atoms with van der Waals surface area (Å²) in [6.45, 7) is 10.5. The summed E-state index contributed by atoms with van der Waals surface area (Å²) >= 11 is 0. The van der Waals surface area contributed by atoms with E-state index in [4.69, 9.17) is 17.2 Å². The van der Waals surface area contributed by atoms with Crippen LogP contribution in [0.4, 0.5) is 0 Å². The average Bonchev–Trinajstić information content (AvgIpc) is 3.81. The summed E-state index contributed by atoms with van der Waals surface area (Å²) in [7, 11) is 1.30. The summed E-state index contributed by atoms with van der Waals surface area (Å²) in [5.41, 5.74) is 16.2. The zero-order valence-electron chi connectivity index (χ0n) is 45.1. The van der Waals surface area contributed by atoms with E-state index in [1.165, 1.54) is 7.05 Å². The Morgan fingerprint density at radius 2 is 1.13 bits per heavy atom. The zero-order valence-corrected chi connectivity index (χ0v) is 45.1. The minimum absolute atomic E-state index is 0.0276. The maximum absolute atomic E-state index is 14.1. The fourth-order valence-corrected chi connectivity index (χ4v) is 8.87. The van der Waals surface area contributed by atoms with E-state index in [1.54, 1.807) is 13.8 Å². The first-order valence-electron chi connectivity index (χ1n) is 26.8. The second-order valence-corrected chi connectivity index (χ2v) is 20.6. The number of fused-ring (bicyclic) bond motifs is 15. The molecule has 29 nitrogen and oxygen atoms in total. The molecule has 5 atom stereocenters. The number of nitrogens with one attached hydrogen (secondary N) is 15. The van der Waals surface area contributed by atoms with E-state index in [0.29, 0.717) is 85.0 Å². The van der Waals surface area contributed by atoms with E-state index in [2.05, 4.69) is 79.8 Å². The number of unbranched alkanes of at least 4 members (excludes halogenated alkanes) is 1. The van der Waals surface area contributed by atoms with E-state index >= 15 is 0 Å². The Morgan fingerprint density at radius 1 is 0.584 bits per heavy atom. The first-order valence-corrected chi connectivity index (χ1v) is 26.8. The van der Waals surface area contributed by atoms with E-state index in [1.807, 2.05) is 0 Å². The molecule has 0 aliphatic carbocycles. The third kappa shape index (κ3) is 26.2. The maximum Gasteiger partial charge on any atom is 0.243 e. The van der Waals surface area contributed by atoms with Crippen LogP contribution >= 0.6 is 0 Å². The van der Waals surface area contributed by atoms with Gasteiger partial charge in [0.1, 0.15) is 30.2 Å². The summed E-state index contributed by atoms with van der Waals surface area (Å²) in [5.74, 6) is -7.28. The quantitative estimate of drug-likeness (QED) is 0.0324. The lowest BCUT2D eigenvalue weighted by atomic mass is 9.97. The number of amides is 11. The second-order valence-electron chi connectivity index (χ2n) is 20.6. The molecule has 0 spiro atoms. The van der Waals surface area contributed by atoms with Crippen LogP contribution in [0.5, 0.6) is 0 Å². The van der Waals surface area contributed by atoms with Gasteiger partial charge in [0.25, 0.3) is 0 Å². The molecule has 0 radical (unpaired) electrons. The van der Waals surface area contributed by atoms with Crippen molar-refractivity contribution in [1.29, 1.82) is 0 Å². The van der Waals surface area contributed by atoms with Gasteiger partial charge in [0.2, 0.25) is 65.0 Å². The summed E-state index contributed by atoms with van der Waals surface area (Å²) in [4.78, 5) is 141. The molecular formula is C48H88N18O11. The Hall–Kier alpha value is -6.11. The lowest BCUT2D eigenvalue weighted by molar-refractivity contribution is -0.135. The van der Waals surface area contributed by atoms with Gasteiger partial charge in [-0.05, 0) is 50.9 Å². The van der Waals surface area contributed by atoms with Gasteiger partial charge in [-0.2, -0.15) is 0 Å². The van der Waals surface area contributed by atoms with E-state index in [0.717, 1.165) is 0 Å².